The van der Waals surface area contributed by atoms with Gasteiger partial charge in [0.1, 0.15) is 0 Å². The van der Waals surface area contributed by atoms with Gasteiger partial charge in [0.15, 0.2) is 5.78 Å². The molecule has 0 bridgehead atoms. The molecule has 126 valence electrons. The number of carbonyl (C=O) groups is 2. The van der Waals surface area contributed by atoms with Crippen LogP contribution < -0.4 is 0 Å². The van der Waals surface area contributed by atoms with E-state index < -0.39 is 0 Å². The molecule has 0 saturated carbocycles. The molecule has 0 fully saturated rings. The van der Waals surface area contributed by atoms with E-state index in [1.807, 2.05) is 18.7 Å². The number of carbonyl (C=O) groups excluding carboxylic acids is 2. The Hall–Kier alpha value is -2.13. The molecule has 0 N–H and O–H groups in total. The minimum atomic E-state index is -0.163. The average molecular weight is 344 g/mol. The van der Waals surface area contributed by atoms with Gasteiger partial charge in [-0.1, -0.05) is 43.6 Å². The lowest BCUT2D eigenvalue weighted by atomic mass is 9.97. The van der Waals surface area contributed by atoms with Gasteiger partial charge in [-0.25, -0.2) is 0 Å². The van der Waals surface area contributed by atoms with E-state index in [4.69, 9.17) is 11.6 Å². The zero-order valence-electron chi connectivity index (χ0n) is 14.1. The number of ketones is 1. The molecule has 2 rings (SSSR count). The van der Waals surface area contributed by atoms with Crippen molar-refractivity contribution in [3.63, 3.8) is 0 Å². The predicted octanol–water partition coefficient (Wildman–Crippen LogP) is 4.83. The fourth-order valence-electron chi connectivity index (χ4n) is 2.65. The Bertz CT molecular complexity index is 704. The first-order valence-corrected chi connectivity index (χ1v) is 8.64. The Morgan fingerprint density at radius 2 is 1.42 bits per heavy atom. The van der Waals surface area contributed by atoms with Gasteiger partial charge in [-0.15, -0.1) is 0 Å². The monoisotopic (exact) mass is 343 g/mol. The van der Waals surface area contributed by atoms with Crippen molar-refractivity contribution in [3.8, 4) is 0 Å². The first-order chi connectivity index (χ1) is 11.6. The van der Waals surface area contributed by atoms with Gasteiger partial charge in [0.05, 0.1) is 5.56 Å². The minimum Gasteiger partial charge on any atom is -0.339 e. The highest BCUT2D eigenvalue weighted by molar-refractivity contribution is 6.30. The Morgan fingerprint density at radius 1 is 0.875 bits per heavy atom. The number of hydrogen-bond donors (Lipinski definition) is 0. The number of hydrogen-bond acceptors (Lipinski definition) is 2. The maximum atomic E-state index is 12.9. The van der Waals surface area contributed by atoms with Crippen LogP contribution in [0.4, 0.5) is 0 Å². The molecule has 0 radical (unpaired) electrons. The van der Waals surface area contributed by atoms with E-state index in [9.17, 15) is 9.59 Å². The molecule has 24 heavy (non-hydrogen) atoms. The fourth-order valence-corrected chi connectivity index (χ4v) is 2.78. The van der Waals surface area contributed by atoms with Crippen molar-refractivity contribution in [1.29, 1.82) is 0 Å². The van der Waals surface area contributed by atoms with Crippen LogP contribution in [0.2, 0.25) is 5.02 Å². The van der Waals surface area contributed by atoms with Crippen molar-refractivity contribution in [3.05, 3.63) is 70.2 Å². The van der Waals surface area contributed by atoms with Crippen molar-refractivity contribution in [2.75, 3.05) is 13.1 Å². The number of nitrogens with zero attached hydrogens (tertiary/aromatic N) is 1. The van der Waals surface area contributed by atoms with Gasteiger partial charge in [-0.2, -0.15) is 0 Å². The van der Waals surface area contributed by atoms with E-state index in [2.05, 4.69) is 0 Å². The molecule has 2 aromatic carbocycles. The highest BCUT2D eigenvalue weighted by atomic mass is 35.5. The van der Waals surface area contributed by atoms with Crippen LogP contribution in [0.15, 0.2) is 48.5 Å². The van der Waals surface area contributed by atoms with Crippen LogP contribution in [0.5, 0.6) is 0 Å². The largest absolute Gasteiger partial charge is 0.339 e. The molecule has 1 amide bonds. The third-order valence-corrected chi connectivity index (χ3v) is 4.03. The molecular weight excluding hydrogens is 322 g/mol. The fraction of sp³-hybridized carbons (Fsp3) is 0.300. The second-order valence-electron chi connectivity index (χ2n) is 5.67. The number of rotatable bonds is 7. The van der Waals surface area contributed by atoms with Crippen LogP contribution in [-0.4, -0.2) is 29.7 Å². The summed E-state index contributed by atoms with van der Waals surface area (Å²) in [6.45, 7) is 5.47. The Morgan fingerprint density at radius 3 is 1.96 bits per heavy atom. The van der Waals surface area contributed by atoms with Crippen molar-refractivity contribution < 1.29 is 9.59 Å². The number of benzene rings is 2. The molecule has 0 aromatic heterocycles. The van der Waals surface area contributed by atoms with Crippen LogP contribution in [0, 0.1) is 0 Å². The van der Waals surface area contributed by atoms with Crippen LogP contribution in [0.3, 0.4) is 0 Å². The van der Waals surface area contributed by atoms with Gasteiger partial charge in [0.2, 0.25) is 0 Å². The third kappa shape index (κ3) is 4.24. The summed E-state index contributed by atoms with van der Waals surface area (Å²) < 4.78 is 0. The first kappa shape index (κ1) is 18.2. The lowest BCUT2D eigenvalue weighted by Crippen LogP contribution is -2.33. The SMILES string of the molecule is CCCN(CCC)C(=O)c1ccccc1C(=O)c1ccc(Cl)cc1. The van der Waals surface area contributed by atoms with Crippen molar-refractivity contribution in [1.82, 2.24) is 4.90 Å². The topological polar surface area (TPSA) is 37.4 Å². The molecule has 0 atom stereocenters. The van der Waals surface area contributed by atoms with Gasteiger partial charge in [0, 0.05) is 29.2 Å². The van der Waals surface area contributed by atoms with Crippen LogP contribution in [-0.2, 0) is 0 Å². The van der Waals surface area contributed by atoms with Gasteiger partial charge < -0.3 is 4.90 Å². The number of amides is 1. The van der Waals surface area contributed by atoms with E-state index in [1.54, 1.807) is 48.5 Å². The maximum Gasteiger partial charge on any atom is 0.254 e. The van der Waals surface area contributed by atoms with Gasteiger partial charge in [-0.05, 0) is 43.2 Å². The highest BCUT2D eigenvalue weighted by Gasteiger charge is 2.21. The lowest BCUT2D eigenvalue weighted by molar-refractivity contribution is 0.0751. The molecule has 0 aliphatic rings. The second kappa shape index (κ2) is 8.65. The summed E-state index contributed by atoms with van der Waals surface area (Å²) in [6.07, 6.45) is 1.78. The van der Waals surface area contributed by atoms with E-state index in [1.165, 1.54) is 0 Å². The molecule has 0 heterocycles. The van der Waals surface area contributed by atoms with Gasteiger partial charge >= 0.3 is 0 Å². The van der Waals surface area contributed by atoms with Crippen LogP contribution >= 0.6 is 11.6 Å². The molecular formula is C20H22ClNO2. The Labute approximate surface area is 148 Å². The zero-order valence-corrected chi connectivity index (χ0v) is 14.8. The van der Waals surface area contributed by atoms with Crippen molar-refractivity contribution in [2.24, 2.45) is 0 Å². The zero-order chi connectivity index (χ0) is 17.5. The van der Waals surface area contributed by atoms with E-state index in [-0.39, 0.29) is 11.7 Å². The van der Waals surface area contributed by atoms with Crippen molar-refractivity contribution >= 4 is 23.3 Å². The molecule has 0 saturated heterocycles. The second-order valence-corrected chi connectivity index (χ2v) is 6.11. The average Bonchev–Trinajstić information content (AvgIpc) is 2.61. The molecule has 0 unspecified atom stereocenters. The summed E-state index contributed by atoms with van der Waals surface area (Å²) in [7, 11) is 0. The third-order valence-electron chi connectivity index (χ3n) is 3.78. The summed E-state index contributed by atoms with van der Waals surface area (Å²) in [6, 6.07) is 13.7. The molecule has 3 nitrogen and oxygen atoms in total. The summed E-state index contributed by atoms with van der Waals surface area (Å²) >= 11 is 5.88. The number of halogens is 1. The van der Waals surface area contributed by atoms with E-state index >= 15 is 0 Å². The molecule has 0 aliphatic heterocycles. The molecule has 4 heteroatoms. The minimum absolute atomic E-state index is 0.0865. The van der Waals surface area contributed by atoms with Crippen molar-refractivity contribution in [2.45, 2.75) is 26.7 Å². The summed E-state index contributed by atoms with van der Waals surface area (Å²) in [5.74, 6) is -0.250. The van der Waals surface area contributed by atoms with E-state index in [0.717, 1.165) is 12.8 Å². The molecule has 0 spiro atoms. The Kier molecular flexibility index (Phi) is 6.56. The smallest absolute Gasteiger partial charge is 0.254 e. The van der Waals surface area contributed by atoms with Gasteiger partial charge in [-0.3, -0.25) is 9.59 Å². The van der Waals surface area contributed by atoms with E-state index in [0.29, 0.717) is 34.8 Å². The van der Waals surface area contributed by atoms with Crippen LogP contribution in [0.1, 0.15) is 53.0 Å². The standard InChI is InChI=1S/C20H22ClNO2/c1-3-13-22(14-4-2)20(24)18-8-6-5-7-17(18)19(23)15-9-11-16(21)12-10-15/h5-12H,3-4,13-14H2,1-2H3. The summed E-state index contributed by atoms with van der Waals surface area (Å²) in [5.41, 5.74) is 1.42. The van der Waals surface area contributed by atoms with Gasteiger partial charge in [0.25, 0.3) is 5.91 Å². The highest BCUT2D eigenvalue weighted by Crippen LogP contribution is 2.18. The molecule has 2 aromatic rings. The van der Waals surface area contributed by atoms with Crippen LogP contribution in [0.25, 0.3) is 0 Å². The summed E-state index contributed by atoms with van der Waals surface area (Å²) in [5, 5.41) is 0.577. The maximum absolute atomic E-state index is 12.9. The quantitative estimate of drug-likeness (QED) is 0.675. The predicted molar refractivity (Wildman–Crippen MR) is 97.8 cm³/mol. The Balaban J connectivity index is 2.37. The first-order valence-electron chi connectivity index (χ1n) is 8.27. The molecule has 0 aliphatic carbocycles. The normalized spacial score (nSPS) is 10.5. The summed E-state index contributed by atoms with van der Waals surface area (Å²) in [4.78, 5) is 27.5. The lowest BCUT2D eigenvalue weighted by Gasteiger charge is -2.22.